The molecule has 0 aliphatic carbocycles. The largest absolute Gasteiger partial charge is 0.379 e. The van der Waals surface area contributed by atoms with Crippen LogP contribution in [0.15, 0.2) is 12.1 Å². The summed E-state index contributed by atoms with van der Waals surface area (Å²) >= 11 is 11.6. The van der Waals surface area contributed by atoms with Gasteiger partial charge in [-0.3, -0.25) is 29.9 Å². The van der Waals surface area contributed by atoms with E-state index in [1.54, 1.807) is 0 Å². The number of morpholine rings is 1. The molecule has 1 aromatic rings. The number of hydrogen-bond donors (Lipinski definition) is 1. The normalized spacial score (nSPS) is 13.9. The van der Waals surface area contributed by atoms with E-state index in [-0.39, 0.29) is 55.1 Å². The summed E-state index contributed by atoms with van der Waals surface area (Å²) in [6.45, 7) is 4.00. The van der Waals surface area contributed by atoms with Crippen molar-refractivity contribution in [1.29, 1.82) is 0 Å². The zero-order valence-electron chi connectivity index (χ0n) is 16.6. The van der Waals surface area contributed by atoms with Crippen LogP contribution in [-0.2, 0) is 4.74 Å². The average Bonchev–Trinajstić information content (AvgIpc) is 2.73. The molecule has 0 saturated carbocycles. The predicted molar refractivity (Wildman–Crippen MR) is 120 cm³/mol. The molecule has 1 fully saturated rings. The topological polar surface area (TPSA) is 131 Å². The van der Waals surface area contributed by atoms with Gasteiger partial charge < -0.3 is 15.0 Å². The number of nitrogens with zero attached hydrogens (tertiary/aromatic N) is 4. The van der Waals surface area contributed by atoms with Crippen molar-refractivity contribution in [1.82, 2.24) is 10.2 Å². The quantitative estimate of drug-likeness (QED) is 0.278. The van der Waals surface area contributed by atoms with Gasteiger partial charge in [0.15, 0.2) is 0 Å². The van der Waals surface area contributed by atoms with Crippen LogP contribution in [0, 0.1) is 20.2 Å². The van der Waals surface area contributed by atoms with Crippen LogP contribution in [0.5, 0.6) is 0 Å². The summed E-state index contributed by atoms with van der Waals surface area (Å²) in [7, 11) is 0. The molecule has 11 nitrogen and oxygen atoms in total. The SMILES string of the molecule is Cl.O=C(NCCN1CCOCC1)c1cc(N(CCCl)CCCl)c([N+](=O)[O-])cc1[N+](=O)[O-]. The number of alkyl halides is 2. The van der Waals surface area contributed by atoms with E-state index in [4.69, 9.17) is 27.9 Å². The van der Waals surface area contributed by atoms with Crippen molar-refractivity contribution in [2.24, 2.45) is 0 Å². The van der Waals surface area contributed by atoms with Gasteiger partial charge in [0.25, 0.3) is 17.3 Å². The Hall–Kier alpha value is -1.92. The van der Waals surface area contributed by atoms with E-state index in [0.29, 0.717) is 19.8 Å². The second-order valence-electron chi connectivity index (χ2n) is 6.45. The number of nitro groups is 2. The number of benzene rings is 1. The first kappa shape index (κ1) is 27.1. The summed E-state index contributed by atoms with van der Waals surface area (Å²) in [5.41, 5.74) is -1.31. The molecule has 0 aromatic heterocycles. The molecule has 1 heterocycles. The summed E-state index contributed by atoms with van der Waals surface area (Å²) in [5, 5.41) is 25.6. The first-order valence-corrected chi connectivity index (χ1v) is 10.4. The summed E-state index contributed by atoms with van der Waals surface area (Å²) in [6, 6.07) is 1.97. The number of amides is 1. The molecule has 174 valence electrons. The van der Waals surface area contributed by atoms with Crippen LogP contribution in [0.3, 0.4) is 0 Å². The minimum atomic E-state index is -0.804. The van der Waals surface area contributed by atoms with Crippen molar-refractivity contribution in [3.8, 4) is 0 Å². The molecule has 1 aromatic carbocycles. The van der Waals surface area contributed by atoms with Crippen molar-refractivity contribution in [2.45, 2.75) is 0 Å². The highest BCUT2D eigenvalue weighted by atomic mass is 35.5. The third kappa shape index (κ3) is 7.62. The van der Waals surface area contributed by atoms with Crippen molar-refractivity contribution in [2.75, 3.05) is 69.1 Å². The molecular weight excluding hydrogens is 477 g/mol. The van der Waals surface area contributed by atoms with Gasteiger partial charge in [0.05, 0.1) is 29.1 Å². The molecule has 2 rings (SSSR count). The van der Waals surface area contributed by atoms with E-state index in [1.165, 1.54) is 11.0 Å². The summed E-state index contributed by atoms with van der Waals surface area (Å²) in [6.07, 6.45) is 0. The summed E-state index contributed by atoms with van der Waals surface area (Å²) in [5.74, 6) is -0.360. The average molecular weight is 501 g/mol. The molecule has 14 heteroatoms. The maximum atomic E-state index is 12.7. The Morgan fingerprint density at radius 3 is 2.19 bits per heavy atom. The van der Waals surface area contributed by atoms with Gasteiger partial charge in [0.1, 0.15) is 11.3 Å². The van der Waals surface area contributed by atoms with E-state index in [0.717, 1.165) is 19.2 Å². The van der Waals surface area contributed by atoms with Crippen molar-refractivity contribution < 1.29 is 19.4 Å². The van der Waals surface area contributed by atoms with E-state index in [1.807, 2.05) is 0 Å². The maximum absolute atomic E-state index is 12.7. The number of nitrogens with one attached hydrogen (secondary N) is 1. The summed E-state index contributed by atoms with van der Waals surface area (Å²) in [4.78, 5) is 37.8. The third-order valence-corrected chi connectivity index (χ3v) is 4.94. The third-order valence-electron chi connectivity index (χ3n) is 4.60. The molecule has 0 spiro atoms. The Kier molecular flexibility index (Phi) is 11.8. The van der Waals surface area contributed by atoms with Gasteiger partial charge in [-0.2, -0.15) is 0 Å². The fraction of sp³-hybridized carbons (Fsp3) is 0.588. The fourth-order valence-electron chi connectivity index (χ4n) is 3.10. The second-order valence-corrected chi connectivity index (χ2v) is 7.20. The number of carbonyl (C=O) groups is 1. The van der Waals surface area contributed by atoms with Gasteiger partial charge in [-0.25, -0.2) is 0 Å². The zero-order chi connectivity index (χ0) is 22.1. The number of carbonyl (C=O) groups excluding carboxylic acids is 1. The Bertz CT molecular complexity index is 773. The minimum absolute atomic E-state index is 0. The van der Waals surface area contributed by atoms with Gasteiger partial charge in [0.2, 0.25) is 0 Å². The molecule has 0 atom stereocenters. The van der Waals surface area contributed by atoms with Crippen molar-refractivity contribution in [3.05, 3.63) is 37.9 Å². The maximum Gasteiger partial charge on any atom is 0.299 e. The molecule has 31 heavy (non-hydrogen) atoms. The second kappa shape index (κ2) is 13.5. The number of rotatable bonds is 11. The van der Waals surface area contributed by atoms with E-state index < -0.39 is 27.1 Å². The molecule has 0 unspecified atom stereocenters. The van der Waals surface area contributed by atoms with Crippen LogP contribution < -0.4 is 10.2 Å². The summed E-state index contributed by atoms with van der Waals surface area (Å²) < 4.78 is 5.26. The van der Waals surface area contributed by atoms with Gasteiger partial charge in [-0.05, 0) is 6.07 Å². The molecule has 0 radical (unpaired) electrons. The van der Waals surface area contributed by atoms with Gasteiger partial charge in [-0.1, -0.05) is 0 Å². The lowest BCUT2D eigenvalue weighted by molar-refractivity contribution is -0.393. The predicted octanol–water partition coefficient (Wildman–Crippen LogP) is 2.27. The molecule has 1 saturated heterocycles. The van der Waals surface area contributed by atoms with Gasteiger partial charge >= 0.3 is 0 Å². The fourth-order valence-corrected chi connectivity index (χ4v) is 3.51. The lowest BCUT2D eigenvalue weighted by Crippen LogP contribution is -2.41. The number of ether oxygens (including phenoxy) is 1. The van der Waals surface area contributed by atoms with Crippen LogP contribution in [0.4, 0.5) is 17.1 Å². The highest BCUT2D eigenvalue weighted by molar-refractivity contribution is 6.18. The lowest BCUT2D eigenvalue weighted by atomic mass is 10.1. The van der Waals surface area contributed by atoms with E-state index in [2.05, 4.69) is 10.2 Å². The first-order valence-electron chi connectivity index (χ1n) is 9.31. The van der Waals surface area contributed by atoms with Crippen LogP contribution in [-0.4, -0.2) is 84.9 Å². The van der Waals surface area contributed by atoms with Crippen LogP contribution >= 0.6 is 35.6 Å². The standard InChI is InChI=1S/C17H23Cl2N5O6.ClH/c18-1-4-22(5-2-19)15-11-13(14(23(26)27)12-16(15)24(28)29)17(25)20-3-6-21-7-9-30-10-8-21;/h11-12H,1-10H2,(H,20,25);1H. The highest BCUT2D eigenvalue weighted by Crippen LogP contribution is 2.35. The highest BCUT2D eigenvalue weighted by Gasteiger charge is 2.30. The molecule has 1 aliphatic rings. The lowest BCUT2D eigenvalue weighted by Gasteiger charge is -2.26. The Balaban J connectivity index is 0.00000480. The molecule has 1 N–H and O–H groups in total. The Labute approximate surface area is 195 Å². The molecule has 0 bridgehead atoms. The zero-order valence-corrected chi connectivity index (χ0v) is 19.0. The molecule has 1 amide bonds. The van der Waals surface area contributed by atoms with Crippen molar-refractivity contribution in [3.63, 3.8) is 0 Å². The van der Waals surface area contributed by atoms with E-state index in [9.17, 15) is 25.0 Å². The number of anilines is 1. The molecule has 1 aliphatic heterocycles. The number of nitro benzene ring substituents is 2. The van der Waals surface area contributed by atoms with Gasteiger partial charge in [-0.15, -0.1) is 35.6 Å². The number of halogens is 3. The molecular formula is C17H24Cl3N5O6. The Morgan fingerprint density at radius 2 is 1.68 bits per heavy atom. The number of hydrogen-bond acceptors (Lipinski definition) is 8. The minimum Gasteiger partial charge on any atom is -0.379 e. The first-order chi connectivity index (χ1) is 14.4. The van der Waals surface area contributed by atoms with Crippen LogP contribution in [0.2, 0.25) is 0 Å². The Morgan fingerprint density at radius 1 is 1.10 bits per heavy atom. The monoisotopic (exact) mass is 499 g/mol. The smallest absolute Gasteiger partial charge is 0.299 e. The van der Waals surface area contributed by atoms with E-state index >= 15 is 0 Å². The van der Waals surface area contributed by atoms with Gasteiger partial charge in [0, 0.05) is 51.0 Å². The van der Waals surface area contributed by atoms with Crippen LogP contribution in [0.25, 0.3) is 0 Å². The van der Waals surface area contributed by atoms with Crippen molar-refractivity contribution >= 4 is 58.6 Å². The van der Waals surface area contributed by atoms with Crippen LogP contribution in [0.1, 0.15) is 10.4 Å².